The number of hydrogen-bond donors (Lipinski definition) is 1. The molecule has 0 radical (unpaired) electrons. The molecule has 0 unspecified atom stereocenters. The summed E-state index contributed by atoms with van der Waals surface area (Å²) in [5, 5.41) is 5.68. The van der Waals surface area contributed by atoms with Crippen LogP contribution in [0, 0.1) is 0 Å². The number of Topliss-reactive ketones (excluding diaryl/α,β-unsaturated/α-hetero) is 1. The Morgan fingerprint density at radius 2 is 1.88 bits per heavy atom. The third-order valence-electron chi connectivity index (χ3n) is 6.96. The number of rotatable bonds is 3. The van der Waals surface area contributed by atoms with Gasteiger partial charge in [-0.05, 0) is 48.4 Å². The molecule has 3 heterocycles. The summed E-state index contributed by atoms with van der Waals surface area (Å²) >= 11 is 1.62. The minimum atomic E-state index is -0.235. The summed E-state index contributed by atoms with van der Waals surface area (Å²) in [6.45, 7) is 3.45. The zero-order chi connectivity index (χ0) is 22.3. The number of amides is 2. The predicted octanol–water partition coefficient (Wildman–Crippen LogP) is 4.09. The standard InChI is InChI=1S/C25H27N3O3S/c1-17(29)28-16-25(26-20-5-2-3-6-21(20)28)10-12-27(13-11-25)24(31)15-19-18(8-9-22(19)30)23-7-4-14-32-23/h2-7,14,26H,8-13,15-16H2,1H3. The molecule has 1 aromatic heterocycles. The number of benzene rings is 1. The molecule has 0 bridgehead atoms. The summed E-state index contributed by atoms with van der Waals surface area (Å²) < 4.78 is 0. The first-order valence-electron chi connectivity index (χ1n) is 11.2. The molecule has 2 aliphatic heterocycles. The molecule has 1 spiro atoms. The average molecular weight is 450 g/mol. The molecule has 1 N–H and O–H groups in total. The summed E-state index contributed by atoms with van der Waals surface area (Å²) in [5.41, 5.74) is 3.40. The normalized spacial score (nSPS) is 19.8. The molecule has 2 amide bonds. The van der Waals surface area contributed by atoms with E-state index in [1.165, 1.54) is 0 Å². The number of fused-ring (bicyclic) bond motifs is 1. The smallest absolute Gasteiger partial charge is 0.227 e. The van der Waals surface area contributed by atoms with Crippen LogP contribution >= 0.6 is 11.3 Å². The highest BCUT2D eigenvalue weighted by Gasteiger charge is 2.42. The van der Waals surface area contributed by atoms with Crippen molar-refractivity contribution in [2.24, 2.45) is 0 Å². The quantitative estimate of drug-likeness (QED) is 0.766. The Bertz CT molecular complexity index is 1100. The van der Waals surface area contributed by atoms with E-state index < -0.39 is 0 Å². The van der Waals surface area contributed by atoms with Crippen molar-refractivity contribution in [3.05, 3.63) is 52.2 Å². The third kappa shape index (κ3) is 3.75. The molecule has 166 valence electrons. The van der Waals surface area contributed by atoms with Gasteiger partial charge >= 0.3 is 0 Å². The van der Waals surface area contributed by atoms with Gasteiger partial charge in [0.1, 0.15) is 0 Å². The van der Waals surface area contributed by atoms with Gasteiger partial charge in [-0.1, -0.05) is 18.2 Å². The molecule has 0 atom stereocenters. The largest absolute Gasteiger partial charge is 0.376 e. The van der Waals surface area contributed by atoms with E-state index in [-0.39, 0.29) is 29.6 Å². The second kappa shape index (κ2) is 8.20. The molecule has 1 aliphatic carbocycles. The van der Waals surface area contributed by atoms with Crippen molar-refractivity contribution in [1.29, 1.82) is 0 Å². The molecule has 5 rings (SSSR count). The number of anilines is 2. The number of ketones is 1. The van der Waals surface area contributed by atoms with Gasteiger partial charge in [0, 0.05) is 43.4 Å². The van der Waals surface area contributed by atoms with Crippen LogP contribution in [0.25, 0.3) is 5.57 Å². The molecule has 3 aliphatic rings. The van der Waals surface area contributed by atoms with Crippen LogP contribution in [0.1, 0.15) is 43.9 Å². The summed E-state index contributed by atoms with van der Waals surface area (Å²) in [6.07, 6.45) is 2.95. The molecule has 7 heteroatoms. The second-order valence-electron chi connectivity index (χ2n) is 8.94. The van der Waals surface area contributed by atoms with Crippen LogP contribution < -0.4 is 10.2 Å². The Morgan fingerprint density at radius 3 is 2.59 bits per heavy atom. The van der Waals surface area contributed by atoms with Gasteiger partial charge in [0.2, 0.25) is 11.8 Å². The number of hydrogen-bond acceptors (Lipinski definition) is 5. The van der Waals surface area contributed by atoms with Gasteiger partial charge in [0.15, 0.2) is 5.78 Å². The van der Waals surface area contributed by atoms with E-state index >= 15 is 0 Å². The SMILES string of the molecule is CC(=O)N1CC2(CCN(C(=O)CC3=C(c4cccs4)CCC3=O)CC2)Nc2ccccc21. The molecule has 2 aromatic rings. The van der Waals surface area contributed by atoms with Crippen LogP contribution in [-0.2, 0) is 14.4 Å². The lowest BCUT2D eigenvalue weighted by atomic mass is 9.84. The summed E-state index contributed by atoms with van der Waals surface area (Å²) in [6, 6.07) is 11.9. The maximum absolute atomic E-state index is 13.1. The molecule has 32 heavy (non-hydrogen) atoms. The zero-order valence-corrected chi connectivity index (χ0v) is 19.0. The predicted molar refractivity (Wildman–Crippen MR) is 127 cm³/mol. The molecule has 0 saturated carbocycles. The molecule has 1 aromatic carbocycles. The van der Waals surface area contributed by atoms with Gasteiger partial charge in [-0.25, -0.2) is 0 Å². The van der Waals surface area contributed by atoms with E-state index in [0.29, 0.717) is 31.6 Å². The zero-order valence-electron chi connectivity index (χ0n) is 18.2. The first kappa shape index (κ1) is 20.9. The molecule has 1 saturated heterocycles. The topological polar surface area (TPSA) is 69.7 Å². The van der Waals surface area contributed by atoms with Gasteiger partial charge < -0.3 is 15.1 Å². The molecular formula is C25H27N3O3S. The van der Waals surface area contributed by atoms with Crippen molar-refractivity contribution in [2.75, 3.05) is 29.9 Å². The van der Waals surface area contributed by atoms with Crippen LogP contribution in [0.3, 0.4) is 0 Å². The van der Waals surface area contributed by atoms with Crippen LogP contribution in [0.5, 0.6) is 0 Å². The van der Waals surface area contributed by atoms with E-state index in [4.69, 9.17) is 0 Å². The minimum Gasteiger partial charge on any atom is -0.376 e. The summed E-state index contributed by atoms with van der Waals surface area (Å²) in [5.74, 6) is 0.168. The lowest BCUT2D eigenvalue weighted by molar-refractivity contribution is -0.132. The number of carbonyl (C=O) groups excluding carboxylic acids is 3. The number of allylic oxidation sites excluding steroid dienone is 1. The minimum absolute atomic E-state index is 0.0267. The Labute approximate surface area is 191 Å². The Kier molecular flexibility index (Phi) is 5.37. The number of nitrogens with zero attached hydrogens (tertiary/aromatic N) is 2. The van der Waals surface area contributed by atoms with Crippen molar-refractivity contribution < 1.29 is 14.4 Å². The average Bonchev–Trinajstić information content (AvgIpc) is 3.44. The second-order valence-corrected chi connectivity index (χ2v) is 9.89. The highest BCUT2D eigenvalue weighted by Crippen LogP contribution is 2.40. The Balaban J connectivity index is 1.29. The lowest BCUT2D eigenvalue weighted by Gasteiger charge is -2.49. The summed E-state index contributed by atoms with van der Waals surface area (Å²) in [4.78, 5) is 42.7. The number of carbonyl (C=O) groups is 3. The van der Waals surface area contributed by atoms with Crippen LogP contribution in [-0.4, -0.2) is 47.7 Å². The maximum Gasteiger partial charge on any atom is 0.227 e. The highest BCUT2D eigenvalue weighted by atomic mass is 32.1. The van der Waals surface area contributed by atoms with Crippen molar-refractivity contribution in [2.45, 2.75) is 44.6 Å². The van der Waals surface area contributed by atoms with E-state index in [1.807, 2.05) is 51.6 Å². The lowest BCUT2D eigenvalue weighted by Crippen LogP contribution is -2.59. The fourth-order valence-electron chi connectivity index (χ4n) is 5.18. The third-order valence-corrected chi connectivity index (χ3v) is 7.89. The van der Waals surface area contributed by atoms with Gasteiger partial charge in [-0.2, -0.15) is 0 Å². The fourth-order valence-corrected chi connectivity index (χ4v) is 6.00. The first-order valence-corrected chi connectivity index (χ1v) is 12.1. The number of thiophene rings is 1. The van der Waals surface area contributed by atoms with Crippen molar-refractivity contribution in [3.8, 4) is 0 Å². The van der Waals surface area contributed by atoms with Gasteiger partial charge in [0.25, 0.3) is 0 Å². The molecule has 6 nitrogen and oxygen atoms in total. The maximum atomic E-state index is 13.1. The van der Waals surface area contributed by atoms with Gasteiger partial charge in [-0.3, -0.25) is 14.4 Å². The Hall–Kier alpha value is -2.93. The van der Waals surface area contributed by atoms with Crippen LogP contribution in [0.15, 0.2) is 47.4 Å². The van der Waals surface area contributed by atoms with Crippen molar-refractivity contribution in [1.82, 2.24) is 4.90 Å². The molecule has 1 fully saturated rings. The highest BCUT2D eigenvalue weighted by molar-refractivity contribution is 7.11. The number of para-hydroxylation sites is 2. The van der Waals surface area contributed by atoms with E-state index in [1.54, 1.807) is 18.3 Å². The summed E-state index contributed by atoms with van der Waals surface area (Å²) in [7, 11) is 0. The Morgan fingerprint density at radius 1 is 1.09 bits per heavy atom. The van der Waals surface area contributed by atoms with E-state index in [9.17, 15) is 14.4 Å². The number of likely N-dealkylation sites (tertiary alicyclic amines) is 1. The van der Waals surface area contributed by atoms with Crippen molar-refractivity contribution in [3.63, 3.8) is 0 Å². The first-order chi connectivity index (χ1) is 15.5. The van der Waals surface area contributed by atoms with Crippen LogP contribution in [0.4, 0.5) is 11.4 Å². The fraction of sp³-hybridized carbons (Fsp3) is 0.400. The van der Waals surface area contributed by atoms with E-state index in [2.05, 4.69) is 5.32 Å². The molecular weight excluding hydrogens is 422 g/mol. The number of nitrogens with one attached hydrogen (secondary N) is 1. The van der Waals surface area contributed by atoms with Gasteiger partial charge in [0.05, 0.1) is 23.3 Å². The monoisotopic (exact) mass is 449 g/mol. The van der Waals surface area contributed by atoms with E-state index in [0.717, 1.165) is 41.1 Å². The van der Waals surface area contributed by atoms with Crippen LogP contribution in [0.2, 0.25) is 0 Å². The number of piperidine rings is 1. The van der Waals surface area contributed by atoms with Gasteiger partial charge in [-0.15, -0.1) is 11.3 Å². The van der Waals surface area contributed by atoms with Crippen molar-refractivity contribution >= 4 is 45.9 Å².